The number of amides is 1. The van der Waals surface area contributed by atoms with E-state index in [1.165, 1.54) is 10.6 Å². The maximum Gasteiger partial charge on any atom is 0.471 e. The van der Waals surface area contributed by atoms with E-state index in [0.717, 1.165) is 5.52 Å². The molecule has 208 valence electrons. The van der Waals surface area contributed by atoms with Crippen molar-refractivity contribution in [3.63, 3.8) is 0 Å². The first-order valence-corrected chi connectivity index (χ1v) is 12.8. The molecule has 0 bridgehead atoms. The average Bonchev–Trinajstić information content (AvgIpc) is 3.32. The lowest BCUT2D eigenvalue weighted by Gasteiger charge is -2.32. The van der Waals surface area contributed by atoms with E-state index in [9.17, 15) is 22.8 Å². The number of aromatic nitrogens is 3. The zero-order valence-corrected chi connectivity index (χ0v) is 22.9. The Bertz CT molecular complexity index is 1480. The number of pyridine rings is 1. The normalized spacial score (nSPS) is 13.0. The van der Waals surface area contributed by atoms with Crippen molar-refractivity contribution in [3.05, 3.63) is 87.9 Å². The van der Waals surface area contributed by atoms with Gasteiger partial charge in [0, 0.05) is 29.7 Å². The van der Waals surface area contributed by atoms with Crippen LogP contribution in [0.5, 0.6) is 5.75 Å². The second kappa shape index (κ2) is 12.4. The summed E-state index contributed by atoms with van der Waals surface area (Å²) >= 11 is 6.01. The molecule has 1 N–H and O–H groups in total. The molecule has 0 saturated carbocycles. The highest BCUT2D eigenvalue weighted by Crippen LogP contribution is 2.32. The van der Waals surface area contributed by atoms with E-state index in [-0.39, 0.29) is 5.56 Å². The topological polar surface area (TPSA) is 78.2 Å². The number of benzene rings is 2. The molecule has 39 heavy (non-hydrogen) atoms. The molecule has 0 aliphatic carbocycles. The molecule has 0 aliphatic rings. The van der Waals surface area contributed by atoms with E-state index in [4.69, 9.17) is 16.3 Å². The maximum atomic E-state index is 13.1. The first-order valence-electron chi connectivity index (χ1n) is 12.4. The molecule has 2 aromatic carbocycles. The van der Waals surface area contributed by atoms with E-state index >= 15 is 0 Å². The highest BCUT2D eigenvalue weighted by molar-refractivity contribution is 6.30. The molecule has 0 spiro atoms. The first kappa shape index (κ1) is 29.8. The van der Waals surface area contributed by atoms with Gasteiger partial charge in [-0.2, -0.15) is 18.3 Å². The third-order valence-corrected chi connectivity index (χ3v) is 6.17. The van der Waals surface area contributed by atoms with Crippen LogP contribution in [0.25, 0.3) is 16.6 Å². The Balaban J connectivity index is 0.00000205. The zero-order valence-electron chi connectivity index (χ0n) is 22.2. The predicted octanol–water partition coefficient (Wildman–Crippen LogP) is 6.23. The number of halogens is 4. The summed E-state index contributed by atoms with van der Waals surface area (Å²) in [7, 11) is 1.64. The van der Waals surface area contributed by atoms with Crippen molar-refractivity contribution in [2.75, 3.05) is 0 Å². The second-order valence-corrected chi connectivity index (χ2v) is 9.38. The van der Waals surface area contributed by atoms with Crippen LogP contribution in [0.3, 0.4) is 0 Å². The van der Waals surface area contributed by atoms with E-state index in [0.29, 0.717) is 27.4 Å². The standard InChI is InChI=1S/C26H24ClF3N4O3.C2H6/c1-15(2)23(32-25(36)26(28,29)30)24(16-4-6-18(27)7-5-16)37-20-9-10-21-17(12-20)13-31-34(21)19-8-11-22(35)33(3)14-19;1-2/h4-15,23-24H,1-3H3,(H,32,36);1-2H3/t23?,24-;/m1./s1. The fourth-order valence-corrected chi connectivity index (χ4v) is 4.09. The number of nitrogens with one attached hydrogen (secondary N) is 1. The molecule has 2 aromatic heterocycles. The van der Waals surface area contributed by atoms with Crippen molar-refractivity contribution in [2.45, 2.75) is 46.0 Å². The lowest BCUT2D eigenvalue weighted by Crippen LogP contribution is -2.49. The molecule has 11 heteroatoms. The Labute approximate surface area is 229 Å². The highest BCUT2D eigenvalue weighted by atomic mass is 35.5. The summed E-state index contributed by atoms with van der Waals surface area (Å²) < 4.78 is 48.6. The maximum absolute atomic E-state index is 13.1. The quantitative estimate of drug-likeness (QED) is 0.290. The molecule has 1 amide bonds. The van der Waals surface area contributed by atoms with Gasteiger partial charge in [0.15, 0.2) is 0 Å². The fraction of sp³-hybridized carbons (Fsp3) is 0.321. The minimum atomic E-state index is -5.04. The van der Waals surface area contributed by atoms with Crippen molar-refractivity contribution in [1.82, 2.24) is 19.7 Å². The number of carbonyl (C=O) groups is 1. The van der Waals surface area contributed by atoms with Crippen molar-refractivity contribution >= 4 is 28.4 Å². The summed E-state index contributed by atoms with van der Waals surface area (Å²) in [5, 5.41) is 7.66. The fourth-order valence-electron chi connectivity index (χ4n) is 3.97. The molecule has 0 fully saturated rings. The first-order chi connectivity index (χ1) is 18.4. The minimum Gasteiger partial charge on any atom is -0.484 e. The number of alkyl halides is 3. The number of hydrogen-bond acceptors (Lipinski definition) is 4. The van der Waals surface area contributed by atoms with Crippen LogP contribution in [0.4, 0.5) is 13.2 Å². The summed E-state index contributed by atoms with van der Waals surface area (Å²) in [5.41, 5.74) is 1.81. The van der Waals surface area contributed by atoms with Crippen molar-refractivity contribution in [2.24, 2.45) is 13.0 Å². The monoisotopic (exact) mass is 562 g/mol. The molecular formula is C28H30ClF3N4O3. The Kier molecular flexibility index (Phi) is 9.45. The summed E-state index contributed by atoms with van der Waals surface area (Å²) in [5.74, 6) is -2.06. The number of nitrogens with zero attached hydrogens (tertiary/aromatic N) is 3. The lowest BCUT2D eigenvalue weighted by molar-refractivity contribution is -0.175. The molecule has 4 rings (SSSR count). The minimum absolute atomic E-state index is 0.151. The van der Waals surface area contributed by atoms with E-state index in [2.05, 4.69) is 10.4 Å². The Morgan fingerprint density at radius 1 is 1.05 bits per heavy atom. The third-order valence-electron chi connectivity index (χ3n) is 5.92. The number of rotatable bonds is 7. The van der Waals surface area contributed by atoms with Crippen LogP contribution in [0.1, 0.15) is 39.4 Å². The highest BCUT2D eigenvalue weighted by Gasteiger charge is 2.42. The van der Waals surface area contributed by atoms with Gasteiger partial charge >= 0.3 is 12.1 Å². The summed E-state index contributed by atoms with van der Waals surface area (Å²) in [6, 6.07) is 13.8. The molecule has 2 heterocycles. The molecule has 7 nitrogen and oxygen atoms in total. The van der Waals surface area contributed by atoms with Gasteiger partial charge in [0.05, 0.1) is 23.4 Å². The Morgan fingerprint density at radius 3 is 2.31 bits per heavy atom. The Hall–Kier alpha value is -3.79. The van der Waals surface area contributed by atoms with Gasteiger partial charge in [0.2, 0.25) is 5.56 Å². The van der Waals surface area contributed by atoms with Crippen molar-refractivity contribution in [3.8, 4) is 11.4 Å². The summed E-state index contributed by atoms with van der Waals surface area (Å²) in [6.45, 7) is 7.40. The zero-order chi connectivity index (χ0) is 28.9. The summed E-state index contributed by atoms with van der Waals surface area (Å²) in [4.78, 5) is 23.6. The van der Waals surface area contributed by atoms with Gasteiger partial charge in [-0.25, -0.2) is 4.68 Å². The summed E-state index contributed by atoms with van der Waals surface area (Å²) in [6.07, 6.45) is -2.70. The van der Waals surface area contributed by atoms with Crippen molar-refractivity contribution < 1.29 is 22.7 Å². The molecule has 0 aliphatic heterocycles. The molecule has 0 radical (unpaired) electrons. The van der Waals surface area contributed by atoms with Gasteiger partial charge in [0.1, 0.15) is 11.9 Å². The molecule has 2 atom stereocenters. The Morgan fingerprint density at radius 2 is 1.72 bits per heavy atom. The van der Waals surface area contributed by atoms with Gasteiger partial charge in [-0.3, -0.25) is 9.59 Å². The predicted molar refractivity (Wildman–Crippen MR) is 145 cm³/mol. The molecule has 4 aromatic rings. The van der Waals surface area contributed by atoms with Crippen LogP contribution in [0.2, 0.25) is 5.02 Å². The van der Waals surface area contributed by atoms with E-state index < -0.39 is 30.1 Å². The number of aryl methyl sites for hydroxylation is 1. The molecule has 0 saturated heterocycles. The number of fused-ring (bicyclic) bond motifs is 1. The lowest BCUT2D eigenvalue weighted by atomic mass is 9.93. The van der Waals surface area contributed by atoms with Crippen molar-refractivity contribution in [1.29, 1.82) is 0 Å². The second-order valence-electron chi connectivity index (χ2n) is 8.94. The van der Waals surface area contributed by atoms with Crippen LogP contribution in [-0.4, -0.2) is 32.5 Å². The number of hydrogen-bond donors (Lipinski definition) is 1. The third kappa shape index (κ3) is 7.00. The SMILES string of the molecule is CC.CC(C)C(NC(=O)C(F)(F)F)[C@H](Oc1ccc2c(cnn2-c2ccc(=O)n(C)c2)c1)c1ccc(Cl)cc1. The van der Waals surface area contributed by atoms with Gasteiger partial charge in [-0.15, -0.1) is 0 Å². The van der Waals surface area contributed by atoms with Crippen LogP contribution in [0.15, 0.2) is 71.8 Å². The average molecular weight is 563 g/mol. The van der Waals surface area contributed by atoms with Crippen LogP contribution in [0, 0.1) is 5.92 Å². The number of ether oxygens (including phenoxy) is 1. The molecule has 1 unspecified atom stereocenters. The number of carbonyl (C=O) groups excluding carboxylic acids is 1. The van der Waals surface area contributed by atoms with Crippen LogP contribution < -0.4 is 15.6 Å². The van der Waals surface area contributed by atoms with Gasteiger partial charge in [-0.05, 0) is 47.9 Å². The molecular weight excluding hydrogens is 533 g/mol. The van der Waals surface area contributed by atoms with Crippen LogP contribution >= 0.6 is 11.6 Å². The van der Waals surface area contributed by atoms with E-state index in [1.807, 2.05) is 13.8 Å². The van der Waals surface area contributed by atoms with E-state index in [1.54, 1.807) is 86.5 Å². The largest absolute Gasteiger partial charge is 0.484 e. The van der Waals surface area contributed by atoms with Crippen LogP contribution in [-0.2, 0) is 11.8 Å². The smallest absolute Gasteiger partial charge is 0.471 e. The van der Waals surface area contributed by atoms with Gasteiger partial charge in [0.25, 0.3) is 0 Å². The van der Waals surface area contributed by atoms with Gasteiger partial charge in [-0.1, -0.05) is 51.4 Å². The van der Waals surface area contributed by atoms with Gasteiger partial charge < -0.3 is 14.6 Å².